The number of amides is 1. The molecule has 1 amide bonds. The van der Waals surface area contributed by atoms with Crippen molar-refractivity contribution in [2.75, 3.05) is 12.3 Å². The number of nitrogens with one attached hydrogen (secondary N) is 1. The highest BCUT2D eigenvalue weighted by Crippen LogP contribution is 2.15. The van der Waals surface area contributed by atoms with Crippen molar-refractivity contribution in [3.05, 3.63) is 17.0 Å². The molecule has 0 bridgehead atoms. The van der Waals surface area contributed by atoms with Crippen LogP contribution in [0.5, 0.6) is 0 Å². The maximum absolute atomic E-state index is 11.4. The Bertz CT molecular complexity index is 375. The van der Waals surface area contributed by atoms with E-state index in [9.17, 15) is 4.79 Å². The monoisotopic (exact) mass is 178 g/mol. The van der Waals surface area contributed by atoms with Crippen molar-refractivity contribution in [1.29, 1.82) is 0 Å². The SMILES string of the molecule is Cc1nc(N)nc2c1C(=O)NCC2. The van der Waals surface area contributed by atoms with Gasteiger partial charge in [0.1, 0.15) is 0 Å². The molecule has 0 saturated carbocycles. The first-order chi connectivity index (χ1) is 6.18. The molecule has 0 spiro atoms. The molecular formula is C8H10N4O. The summed E-state index contributed by atoms with van der Waals surface area (Å²) < 4.78 is 0. The maximum Gasteiger partial charge on any atom is 0.255 e. The number of fused-ring (bicyclic) bond motifs is 1. The molecule has 0 fully saturated rings. The summed E-state index contributed by atoms with van der Waals surface area (Å²) in [6, 6.07) is 0. The number of aromatic nitrogens is 2. The van der Waals surface area contributed by atoms with Crippen molar-refractivity contribution >= 4 is 11.9 Å². The lowest BCUT2D eigenvalue weighted by Crippen LogP contribution is -2.33. The molecule has 0 atom stereocenters. The van der Waals surface area contributed by atoms with Gasteiger partial charge in [0.05, 0.1) is 17.0 Å². The number of aryl methyl sites for hydroxylation is 1. The van der Waals surface area contributed by atoms with E-state index in [0.717, 1.165) is 12.1 Å². The molecule has 5 nitrogen and oxygen atoms in total. The van der Waals surface area contributed by atoms with E-state index in [0.29, 0.717) is 17.8 Å². The average molecular weight is 178 g/mol. The minimum atomic E-state index is -0.0984. The van der Waals surface area contributed by atoms with Crippen LogP contribution in [0.4, 0.5) is 5.95 Å². The summed E-state index contributed by atoms with van der Waals surface area (Å²) in [5.74, 6) is 0.143. The zero-order valence-corrected chi connectivity index (χ0v) is 7.29. The Labute approximate surface area is 75.4 Å². The quantitative estimate of drug-likeness (QED) is 0.569. The van der Waals surface area contributed by atoms with Crippen LogP contribution in [0.1, 0.15) is 21.7 Å². The number of nitrogens with two attached hydrogens (primary N) is 1. The van der Waals surface area contributed by atoms with Gasteiger partial charge in [-0.3, -0.25) is 4.79 Å². The lowest BCUT2D eigenvalue weighted by Gasteiger charge is -2.16. The van der Waals surface area contributed by atoms with Gasteiger partial charge in [0.15, 0.2) is 0 Å². The molecular weight excluding hydrogens is 168 g/mol. The number of anilines is 1. The van der Waals surface area contributed by atoms with Crippen molar-refractivity contribution in [1.82, 2.24) is 15.3 Å². The van der Waals surface area contributed by atoms with E-state index in [-0.39, 0.29) is 11.9 Å². The van der Waals surface area contributed by atoms with Gasteiger partial charge in [-0.2, -0.15) is 0 Å². The standard InChI is InChI=1S/C8H10N4O/c1-4-6-5(12-8(9)11-4)2-3-10-7(6)13/h2-3H2,1H3,(H,10,13)(H2,9,11,12). The van der Waals surface area contributed by atoms with E-state index >= 15 is 0 Å². The Morgan fingerprint density at radius 3 is 3.00 bits per heavy atom. The Morgan fingerprint density at radius 2 is 2.23 bits per heavy atom. The average Bonchev–Trinajstić information content (AvgIpc) is 2.02. The topological polar surface area (TPSA) is 80.9 Å². The third kappa shape index (κ3) is 1.22. The van der Waals surface area contributed by atoms with Gasteiger partial charge in [-0.15, -0.1) is 0 Å². The van der Waals surface area contributed by atoms with Gasteiger partial charge in [0, 0.05) is 13.0 Å². The first-order valence-corrected chi connectivity index (χ1v) is 4.09. The number of rotatable bonds is 0. The van der Waals surface area contributed by atoms with Crippen molar-refractivity contribution in [3.8, 4) is 0 Å². The smallest absolute Gasteiger partial charge is 0.255 e. The summed E-state index contributed by atoms with van der Waals surface area (Å²) in [6.07, 6.45) is 0.731. The van der Waals surface area contributed by atoms with E-state index in [1.165, 1.54) is 0 Å². The minimum Gasteiger partial charge on any atom is -0.368 e. The predicted octanol–water partition coefficient (Wildman–Crippen LogP) is -0.347. The Hall–Kier alpha value is -1.65. The van der Waals surface area contributed by atoms with Gasteiger partial charge in [-0.25, -0.2) is 9.97 Å². The van der Waals surface area contributed by atoms with Gasteiger partial charge in [0.25, 0.3) is 5.91 Å². The van der Waals surface area contributed by atoms with Gasteiger partial charge >= 0.3 is 0 Å². The molecule has 0 saturated heterocycles. The molecule has 0 unspecified atom stereocenters. The van der Waals surface area contributed by atoms with Crippen molar-refractivity contribution in [3.63, 3.8) is 0 Å². The summed E-state index contributed by atoms with van der Waals surface area (Å²) >= 11 is 0. The highest BCUT2D eigenvalue weighted by atomic mass is 16.1. The van der Waals surface area contributed by atoms with E-state index < -0.39 is 0 Å². The zero-order chi connectivity index (χ0) is 9.42. The summed E-state index contributed by atoms with van der Waals surface area (Å²) in [6.45, 7) is 2.39. The molecule has 1 aliphatic rings. The number of carbonyl (C=O) groups excluding carboxylic acids is 1. The van der Waals surface area contributed by atoms with Gasteiger partial charge in [-0.05, 0) is 6.92 Å². The van der Waals surface area contributed by atoms with Crippen molar-refractivity contribution in [2.24, 2.45) is 0 Å². The molecule has 2 heterocycles. The molecule has 5 heteroatoms. The Morgan fingerprint density at radius 1 is 1.46 bits per heavy atom. The molecule has 68 valence electrons. The number of hydrogen-bond acceptors (Lipinski definition) is 4. The number of carbonyl (C=O) groups is 1. The lowest BCUT2D eigenvalue weighted by atomic mass is 10.1. The largest absolute Gasteiger partial charge is 0.368 e. The van der Waals surface area contributed by atoms with E-state index in [2.05, 4.69) is 15.3 Å². The molecule has 3 N–H and O–H groups in total. The fraction of sp³-hybridized carbons (Fsp3) is 0.375. The summed E-state index contributed by atoms with van der Waals surface area (Å²) in [4.78, 5) is 19.4. The van der Waals surface area contributed by atoms with Crippen molar-refractivity contribution < 1.29 is 4.79 Å². The first kappa shape index (κ1) is 7.97. The van der Waals surface area contributed by atoms with Crippen LogP contribution in [-0.2, 0) is 6.42 Å². The van der Waals surface area contributed by atoms with Gasteiger partial charge in [0.2, 0.25) is 5.95 Å². The molecule has 1 aliphatic heterocycles. The molecule has 2 rings (SSSR count). The van der Waals surface area contributed by atoms with Gasteiger partial charge in [-0.1, -0.05) is 0 Å². The third-order valence-electron chi connectivity index (χ3n) is 2.06. The molecule has 1 aromatic heterocycles. The van der Waals surface area contributed by atoms with Crippen molar-refractivity contribution in [2.45, 2.75) is 13.3 Å². The second-order valence-electron chi connectivity index (χ2n) is 2.99. The van der Waals surface area contributed by atoms with Crippen LogP contribution >= 0.6 is 0 Å². The normalized spacial score (nSPS) is 15.0. The molecule has 0 radical (unpaired) electrons. The fourth-order valence-corrected chi connectivity index (χ4v) is 1.51. The molecule has 0 aliphatic carbocycles. The van der Waals surface area contributed by atoms with Crippen LogP contribution < -0.4 is 11.1 Å². The summed E-state index contributed by atoms with van der Waals surface area (Å²) in [5.41, 5.74) is 7.47. The second kappa shape index (κ2) is 2.69. The van der Waals surface area contributed by atoms with Crippen LogP contribution in [0.25, 0.3) is 0 Å². The Balaban J connectivity index is 2.63. The van der Waals surface area contributed by atoms with E-state index in [1.54, 1.807) is 6.92 Å². The molecule has 0 aromatic carbocycles. The van der Waals surface area contributed by atoms with Crippen LogP contribution in [0.15, 0.2) is 0 Å². The minimum absolute atomic E-state index is 0.0984. The lowest BCUT2D eigenvalue weighted by molar-refractivity contribution is 0.0944. The Kier molecular flexibility index (Phi) is 1.65. The molecule has 13 heavy (non-hydrogen) atoms. The van der Waals surface area contributed by atoms with E-state index in [1.807, 2.05) is 0 Å². The third-order valence-corrected chi connectivity index (χ3v) is 2.06. The van der Waals surface area contributed by atoms with Crippen LogP contribution in [-0.4, -0.2) is 22.4 Å². The van der Waals surface area contributed by atoms with Crippen LogP contribution in [0, 0.1) is 6.92 Å². The zero-order valence-electron chi connectivity index (χ0n) is 7.29. The number of nitrogens with zero attached hydrogens (tertiary/aromatic N) is 2. The number of hydrogen-bond donors (Lipinski definition) is 2. The highest BCUT2D eigenvalue weighted by Gasteiger charge is 2.21. The van der Waals surface area contributed by atoms with E-state index in [4.69, 9.17) is 5.73 Å². The summed E-state index contributed by atoms with van der Waals surface area (Å²) in [5, 5.41) is 2.74. The fourth-order valence-electron chi connectivity index (χ4n) is 1.51. The van der Waals surface area contributed by atoms with Crippen LogP contribution in [0.2, 0.25) is 0 Å². The second-order valence-corrected chi connectivity index (χ2v) is 2.99. The maximum atomic E-state index is 11.4. The predicted molar refractivity (Wildman–Crippen MR) is 47.2 cm³/mol. The molecule has 1 aromatic rings. The van der Waals surface area contributed by atoms with Gasteiger partial charge < -0.3 is 11.1 Å². The number of nitrogen functional groups attached to an aromatic ring is 1. The highest BCUT2D eigenvalue weighted by molar-refractivity contribution is 5.97. The first-order valence-electron chi connectivity index (χ1n) is 4.09. The summed E-state index contributed by atoms with van der Waals surface area (Å²) in [7, 11) is 0. The van der Waals surface area contributed by atoms with Crippen LogP contribution in [0.3, 0.4) is 0 Å².